The number of hydrogen-bond acceptors (Lipinski definition) is 5. The molecule has 166 valence electrons. The van der Waals surface area contributed by atoms with Crippen LogP contribution in [0.2, 0.25) is 0 Å². The van der Waals surface area contributed by atoms with Gasteiger partial charge in [0.1, 0.15) is 5.69 Å². The SMILES string of the molecule is CC(C)(C)C(Cc1cn(S(=O)(=O)c2ccco2)c(-c2cccnc2F)c1F)NC(=O)O. The molecule has 0 fully saturated rings. The highest BCUT2D eigenvalue weighted by Gasteiger charge is 2.33. The van der Waals surface area contributed by atoms with E-state index in [9.17, 15) is 17.6 Å². The number of carbonyl (C=O) groups is 1. The fourth-order valence-electron chi connectivity index (χ4n) is 3.09. The molecule has 1 atom stereocenters. The van der Waals surface area contributed by atoms with Crippen molar-refractivity contribution in [3.05, 3.63) is 60.3 Å². The highest BCUT2D eigenvalue weighted by Crippen LogP contribution is 2.34. The summed E-state index contributed by atoms with van der Waals surface area (Å²) >= 11 is 0. The lowest BCUT2D eigenvalue weighted by atomic mass is 9.83. The fourth-order valence-corrected chi connectivity index (χ4v) is 4.40. The Morgan fingerprint density at radius 3 is 2.55 bits per heavy atom. The Kier molecular flexibility index (Phi) is 5.90. The lowest BCUT2D eigenvalue weighted by molar-refractivity contribution is 0.174. The summed E-state index contributed by atoms with van der Waals surface area (Å²) in [5.74, 6) is -2.05. The summed E-state index contributed by atoms with van der Waals surface area (Å²) < 4.78 is 61.7. The molecule has 0 saturated heterocycles. The molecule has 0 aromatic carbocycles. The predicted octanol–water partition coefficient (Wildman–Crippen LogP) is 3.88. The number of rotatable bonds is 6. The first-order chi connectivity index (χ1) is 14.4. The van der Waals surface area contributed by atoms with Crippen molar-refractivity contribution < 1.29 is 31.5 Å². The van der Waals surface area contributed by atoms with Crippen LogP contribution in [0.15, 0.2) is 52.4 Å². The predicted molar refractivity (Wildman–Crippen MR) is 107 cm³/mol. The van der Waals surface area contributed by atoms with Crippen LogP contribution in [0.5, 0.6) is 0 Å². The van der Waals surface area contributed by atoms with E-state index in [1.807, 2.05) is 0 Å². The molecule has 0 spiro atoms. The van der Waals surface area contributed by atoms with E-state index in [0.717, 1.165) is 18.7 Å². The molecule has 31 heavy (non-hydrogen) atoms. The first-order valence-electron chi connectivity index (χ1n) is 9.22. The van der Waals surface area contributed by atoms with Crippen molar-refractivity contribution in [3.8, 4) is 11.3 Å². The number of pyridine rings is 1. The normalized spacial score (nSPS) is 13.2. The Morgan fingerprint density at radius 1 is 1.29 bits per heavy atom. The van der Waals surface area contributed by atoms with Gasteiger partial charge < -0.3 is 14.8 Å². The standard InChI is InChI=1S/C20H21F2N3O5S/c1-20(2,3)14(24-19(26)27)10-12-11-25(31(28,29)15-7-5-9-30-15)17(16(12)21)13-6-4-8-23-18(13)22/h4-9,11,14,24H,10H2,1-3H3,(H,26,27). The van der Waals surface area contributed by atoms with Crippen LogP contribution in [-0.4, -0.2) is 34.6 Å². The Morgan fingerprint density at radius 2 is 2.00 bits per heavy atom. The molecule has 3 aromatic heterocycles. The lowest BCUT2D eigenvalue weighted by Gasteiger charge is -2.30. The van der Waals surface area contributed by atoms with Gasteiger partial charge in [-0.3, -0.25) is 0 Å². The molecule has 2 N–H and O–H groups in total. The molecule has 11 heteroatoms. The number of carboxylic acid groups (broad SMARTS) is 1. The van der Waals surface area contributed by atoms with E-state index >= 15 is 4.39 Å². The van der Waals surface area contributed by atoms with Crippen LogP contribution < -0.4 is 5.32 Å². The minimum atomic E-state index is -4.41. The van der Waals surface area contributed by atoms with E-state index in [2.05, 4.69) is 10.3 Å². The second kappa shape index (κ2) is 8.14. The molecule has 1 amide bonds. The second-order valence-corrected chi connectivity index (χ2v) is 9.71. The number of aromatic nitrogens is 2. The molecule has 0 aliphatic carbocycles. The maximum absolute atomic E-state index is 15.5. The number of halogens is 2. The third kappa shape index (κ3) is 4.46. The maximum Gasteiger partial charge on any atom is 0.404 e. The Labute approximate surface area is 177 Å². The van der Waals surface area contributed by atoms with Crippen LogP contribution in [0.4, 0.5) is 13.6 Å². The molecule has 0 aliphatic heterocycles. The van der Waals surface area contributed by atoms with Crippen LogP contribution in [0.3, 0.4) is 0 Å². The van der Waals surface area contributed by atoms with Gasteiger partial charge in [-0.2, -0.15) is 12.8 Å². The molecule has 3 heterocycles. The zero-order chi connectivity index (χ0) is 23.0. The molecule has 1 unspecified atom stereocenters. The lowest BCUT2D eigenvalue weighted by Crippen LogP contribution is -2.44. The highest BCUT2D eigenvalue weighted by molar-refractivity contribution is 7.89. The first-order valence-corrected chi connectivity index (χ1v) is 10.7. The van der Waals surface area contributed by atoms with Crippen LogP contribution in [0.1, 0.15) is 26.3 Å². The summed E-state index contributed by atoms with van der Waals surface area (Å²) in [5, 5.41) is 11.0. The topological polar surface area (TPSA) is 114 Å². The smallest absolute Gasteiger partial charge is 0.404 e. The van der Waals surface area contributed by atoms with Gasteiger partial charge in [-0.1, -0.05) is 20.8 Å². The van der Waals surface area contributed by atoms with Crippen molar-refractivity contribution in [2.24, 2.45) is 5.41 Å². The van der Waals surface area contributed by atoms with Gasteiger partial charge in [0, 0.05) is 24.0 Å². The monoisotopic (exact) mass is 453 g/mol. The van der Waals surface area contributed by atoms with Gasteiger partial charge in [-0.05, 0) is 36.1 Å². The first kappa shape index (κ1) is 22.5. The molecule has 0 saturated carbocycles. The molecular weight excluding hydrogens is 432 g/mol. The number of hydrogen-bond donors (Lipinski definition) is 2. The summed E-state index contributed by atoms with van der Waals surface area (Å²) in [7, 11) is -4.41. The van der Waals surface area contributed by atoms with Gasteiger partial charge in [0.15, 0.2) is 5.82 Å². The summed E-state index contributed by atoms with van der Waals surface area (Å²) in [6.07, 6.45) is 1.83. The molecule has 0 aliphatic rings. The average Bonchev–Trinajstić information content (AvgIpc) is 3.31. The van der Waals surface area contributed by atoms with Crippen LogP contribution >= 0.6 is 0 Å². The summed E-state index contributed by atoms with van der Waals surface area (Å²) in [6, 6.07) is 4.33. The Balaban J connectivity index is 2.22. The highest BCUT2D eigenvalue weighted by atomic mass is 32.2. The van der Waals surface area contributed by atoms with E-state index in [0.29, 0.717) is 3.97 Å². The Hall–Kier alpha value is -3.21. The van der Waals surface area contributed by atoms with E-state index in [4.69, 9.17) is 9.52 Å². The molecule has 0 radical (unpaired) electrons. The van der Waals surface area contributed by atoms with E-state index in [-0.39, 0.29) is 17.5 Å². The molecule has 3 rings (SSSR count). The third-order valence-corrected chi connectivity index (χ3v) is 6.32. The van der Waals surface area contributed by atoms with Crippen LogP contribution in [-0.2, 0) is 16.4 Å². The van der Waals surface area contributed by atoms with Gasteiger partial charge in [0.2, 0.25) is 11.0 Å². The van der Waals surface area contributed by atoms with E-state index in [1.54, 1.807) is 20.8 Å². The van der Waals surface area contributed by atoms with Gasteiger partial charge in [0.05, 0.1) is 11.8 Å². The van der Waals surface area contributed by atoms with E-state index < -0.39 is 50.1 Å². The fraction of sp³-hybridized carbons (Fsp3) is 0.300. The van der Waals surface area contributed by atoms with E-state index in [1.165, 1.54) is 24.3 Å². The van der Waals surface area contributed by atoms with Crippen molar-refractivity contribution >= 4 is 16.1 Å². The number of amides is 1. The Bertz CT molecular complexity index is 1200. The zero-order valence-electron chi connectivity index (χ0n) is 17.0. The number of furan rings is 1. The van der Waals surface area contributed by atoms with Crippen molar-refractivity contribution in [2.45, 2.75) is 38.3 Å². The minimum Gasteiger partial charge on any atom is -0.465 e. The summed E-state index contributed by atoms with van der Waals surface area (Å²) in [4.78, 5) is 14.7. The second-order valence-electron chi connectivity index (χ2n) is 7.96. The quantitative estimate of drug-likeness (QED) is 0.548. The third-order valence-electron chi connectivity index (χ3n) is 4.77. The van der Waals surface area contributed by atoms with Gasteiger partial charge in [-0.25, -0.2) is 18.1 Å². The molecule has 8 nitrogen and oxygen atoms in total. The summed E-state index contributed by atoms with van der Waals surface area (Å²) in [6.45, 7) is 5.26. The maximum atomic E-state index is 15.5. The van der Waals surface area contributed by atoms with Crippen molar-refractivity contribution in [2.75, 3.05) is 0 Å². The number of nitrogens with one attached hydrogen (secondary N) is 1. The average molecular weight is 453 g/mol. The van der Waals surface area contributed by atoms with Crippen LogP contribution in [0.25, 0.3) is 11.3 Å². The van der Waals surface area contributed by atoms with Crippen molar-refractivity contribution in [1.82, 2.24) is 14.3 Å². The van der Waals surface area contributed by atoms with Crippen molar-refractivity contribution in [3.63, 3.8) is 0 Å². The van der Waals surface area contributed by atoms with Gasteiger partial charge in [-0.15, -0.1) is 0 Å². The zero-order valence-corrected chi connectivity index (χ0v) is 17.8. The number of nitrogens with zero attached hydrogens (tertiary/aromatic N) is 2. The van der Waals surface area contributed by atoms with Crippen molar-refractivity contribution in [1.29, 1.82) is 0 Å². The summed E-state index contributed by atoms with van der Waals surface area (Å²) in [5.41, 5.74) is -1.64. The van der Waals surface area contributed by atoms with Crippen LogP contribution in [0, 0.1) is 17.2 Å². The minimum absolute atomic E-state index is 0.109. The molecule has 0 bridgehead atoms. The molecule has 3 aromatic rings. The molecular formula is C20H21F2N3O5S. The van der Waals surface area contributed by atoms with Gasteiger partial charge >= 0.3 is 16.1 Å². The van der Waals surface area contributed by atoms with Gasteiger partial charge in [0.25, 0.3) is 0 Å². The largest absolute Gasteiger partial charge is 0.465 e.